The smallest absolute Gasteiger partial charge is 0.158 e. The lowest BCUT2D eigenvalue weighted by molar-refractivity contribution is 0.385. The molecule has 1 fully saturated rings. The van der Waals surface area contributed by atoms with Gasteiger partial charge in [0.15, 0.2) is 5.65 Å². The molecular formula is C15H23ClN4. The van der Waals surface area contributed by atoms with E-state index in [0.29, 0.717) is 11.3 Å². The van der Waals surface area contributed by atoms with Crippen molar-refractivity contribution in [2.24, 2.45) is 5.41 Å². The van der Waals surface area contributed by atoms with Gasteiger partial charge in [-0.15, -0.1) is 11.6 Å². The first-order valence-electron chi connectivity index (χ1n) is 7.62. The van der Waals surface area contributed by atoms with Crippen molar-refractivity contribution in [1.29, 1.82) is 0 Å². The lowest BCUT2D eigenvalue weighted by Gasteiger charge is -2.17. The predicted molar refractivity (Wildman–Crippen MR) is 82.1 cm³/mol. The molecule has 0 aliphatic heterocycles. The van der Waals surface area contributed by atoms with Crippen LogP contribution >= 0.6 is 11.6 Å². The summed E-state index contributed by atoms with van der Waals surface area (Å²) in [5.74, 6) is 1.46. The van der Waals surface area contributed by atoms with Crippen molar-refractivity contribution in [2.75, 3.05) is 0 Å². The predicted octanol–water partition coefficient (Wildman–Crippen LogP) is 3.88. The Bertz CT molecular complexity index is 621. The lowest BCUT2D eigenvalue weighted by Crippen LogP contribution is -2.16. The largest absolute Gasteiger partial charge is 0.311 e. The van der Waals surface area contributed by atoms with Crippen LogP contribution in [0.1, 0.15) is 51.0 Å². The van der Waals surface area contributed by atoms with Gasteiger partial charge in [-0.25, -0.2) is 9.67 Å². The summed E-state index contributed by atoms with van der Waals surface area (Å²) in [6.07, 6.45) is 5.22. The second kappa shape index (κ2) is 5.06. The van der Waals surface area contributed by atoms with Crippen molar-refractivity contribution >= 4 is 22.8 Å². The van der Waals surface area contributed by atoms with E-state index < -0.39 is 0 Å². The highest BCUT2D eigenvalue weighted by molar-refractivity contribution is 6.16. The van der Waals surface area contributed by atoms with E-state index in [-0.39, 0.29) is 0 Å². The first-order chi connectivity index (χ1) is 9.64. The fourth-order valence-electron chi connectivity index (χ4n) is 3.29. The average Bonchev–Trinajstić information content (AvgIpc) is 2.98. The summed E-state index contributed by atoms with van der Waals surface area (Å²) in [5, 5.41) is 4.59. The number of alkyl halides is 1. The lowest BCUT2D eigenvalue weighted by atomic mass is 10.0. The Kier molecular flexibility index (Phi) is 3.53. The third-order valence-electron chi connectivity index (χ3n) is 4.53. The molecule has 3 rings (SSSR count). The summed E-state index contributed by atoms with van der Waals surface area (Å²) in [6.45, 7) is 8.35. The summed E-state index contributed by atoms with van der Waals surface area (Å²) in [6, 6.07) is 0. The molecule has 1 aliphatic rings. The fraction of sp³-hybridized carbons (Fsp3) is 0.733. The van der Waals surface area contributed by atoms with Gasteiger partial charge in [-0.3, -0.25) is 0 Å². The zero-order valence-corrected chi connectivity index (χ0v) is 13.4. The number of fused-ring (bicyclic) bond motifs is 1. The maximum atomic E-state index is 6.12. The van der Waals surface area contributed by atoms with Crippen molar-refractivity contribution in [1.82, 2.24) is 19.3 Å². The van der Waals surface area contributed by atoms with Crippen molar-refractivity contribution in [3.05, 3.63) is 11.5 Å². The molecule has 1 aliphatic carbocycles. The van der Waals surface area contributed by atoms with Gasteiger partial charge in [0.25, 0.3) is 0 Å². The van der Waals surface area contributed by atoms with Crippen molar-refractivity contribution in [2.45, 2.75) is 65.4 Å². The van der Waals surface area contributed by atoms with E-state index in [9.17, 15) is 0 Å². The molecule has 0 N–H and O–H groups in total. The first kappa shape index (κ1) is 13.9. The number of aryl methyl sites for hydroxylation is 2. The molecule has 0 unspecified atom stereocenters. The van der Waals surface area contributed by atoms with Crippen molar-refractivity contribution in [3.63, 3.8) is 0 Å². The number of halogens is 1. The second-order valence-corrected chi connectivity index (χ2v) is 6.34. The molecule has 0 amide bonds. The summed E-state index contributed by atoms with van der Waals surface area (Å²) >= 11 is 6.12. The molecule has 1 saturated carbocycles. The summed E-state index contributed by atoms with van der Waals surface area (Å²) < 4.78 is 4.39. The van der Waals surface area contributed by atoms with Crippen LogP contribution in [0.3, 0.4) is 0 Å². The Morgan fingerprint density at radius 2 is 2.05 bits per heavy atom. The number of rotatable bonds is 6. The van der Waals surface area contributed by atoms with Crippen LogP contribution in [0.4, 0.5) is 0 Å². The van der Waals surface area contributed by atoms with E-state index in [1.807, 2.05) is 6.92 Å². The van der Waals surface area contributed by atoms with Gasteiger partial charge in [0.05, 0.1) is 11.6 Å². The van der Waals surface area contributed by atoms with E-state index in [1.54, 1.807) is 0 Å². The number of hydrogen-bond donors (Lipinski definition) is 0. The molecule has 0 radical (unpaired) electrons. The molecule has 2 heterocycles. The van der Waals surface area contributed by atoms with Crippen LogP contribution in [0, 0.1) is 12.3 Å². The van der Waals surface area contributed by atoms with E-state index in [2.05, 4.69) is 28.2 Å². The Hall–Kier alpha value is -1.03. The highest BCUT2D eigenvalue weighted by Gasteiger charge is 2.42. The van der Waals surface area contributed by atoms with Gasteiger partial charge in [0.1, 0.15) is 11.3 Å². The van der Waals surface area contributed by atoms with Gasteiger partial charge in [-0.2, -0.15) is 5.10 Å². The molecule has 0 bridgehead atoms. The molecule has 4 nitrogen and oxygen atoms in total. The normalized spacial score (nSPS) is 17.0. The minimum absolute atomic E-state index is 0.472. The molecule has 2 aromatic rings. The highest BCUT2D eigenvalue weighted by Crippen LogP contribution is 2.51. The Labute approximate surface area is 125 Å². The number of aromatic nitrogens is 4. The van der Waals surface area contributed by atoms with Crippen molar-refractivity contribution in [3.8, 4) is 0 Å². The Morgan fingerprint density at radius 1 is 1.30 bits per heavy atom. The fourth-order valence-corrected chi connectivity index (χ4v) is 3.49. The van der Waals surface area contributed by atoms with Gasteiger partial charge in [-0.1, -0.05) is 13.3 Å². The Balaban J connectivity index is 2.07. The number of imidazole rings is 1. The standard InChI is InChI=1S/C15H23ClN4/c1-4-6-15(7-8-15)10-19-12(9-16)17-13-11(3)18-20(5-2)14(13)19/h4-10H2,1-3H3. The van der Waals surface area contributed by atoms with E-state index in [4.69, 9.17) is 16.6 Å². The Morgan fingerprint density at radius 3 is 2.60 bits per heavy atom. The van der Waals surface area contributed by atoms with Crippen LogP contribution in [-0.4, -0.2) is 19.3 Å². The zero-order valence-electron chi connectivity index (χ0n) is 12.6. The van der Waals surface area contributed by atoms with Gasteiger partial charge < -0.3 is 4.57 Å². The molecular weight excluding hydrogens is 272 g/mol. The minimum atomic E-state index is 0.472. The molecule has 0 aromatic carbocycles. The topological polar surface area (TPSA) is 35.6 Å². The van der Waals surface area contributed by atoms with Gasteiger partial charge in [0.2, 0.25) is 0 Å². The molecule has 0 atom stereocenters. The third-order valence-corrected chi connectivity index (χ3v) is 4.77. The van der Waals surface area contributed by atoms with Gasteiger partial charge in [-0.05, 0) is 38.5 Å². The van der Waals surface area contributed by atoms with Crippen LogP contribution in [0.2, 0.25) is 0 Å². The molecule has 110 valence electrons. The minimum Gasteiger partial charge on any atom is -0.311 e. The summed E-state index contributed by atoms with van der Waals surface area (Å²) in [5.41, 5.74) is 3.67. The van der Waals surface area contributed by atoms with Crippen LogP contribution in [0.15, 0.2) is 0 Å². The maximum absolute atomic E-state index is 6.12. The molecule has 2 aromatic heterocycles. The van der Waals surface area contributed by atoms with Crippen molar-refractivity contribution < 1.29 is 0 Å². The van der Waals surface area contributed by atoms with Crippen LogP contribution in [0.5, 0.6) is 0 Å². The van der Waals surface area contributed by atoms with E-state index in [1.165, 1.54) is 25.7 Å². The number of nitrogens with zero attached hydrogens (tertiary/aromatic N) is 4. The van der Waals surface area contributed by atoms with Gasteiger partial charge >= 0.3 is 0 Å². The molecule has 0 spiro atoms. The molecule has 20 heavy (non-hydrogen) atoms. The zero-order chi connectivity index (χ0) is 14.3. The molecule has 0 saturated heterocycles. The SMILES string of the molecule is CCCC1(Cn2c(CCl)nc3c(C)nn(CC)c32)CC1. The van der Waals surface area contributed by atoms with Crippen LogP contribution < -0.4 is 0 Å². The monoisotopic (exact) mass is 294 g/mol. The summed E-state index contributed by atoms with van der Waals surface area (Å²) in [4.78, 5) is 4.72. The third kappa shape index (κ3) is 2.14. The average molecular weight is 295 g/mol. The van der Waals surface area contributed by atoms with E-state index >= 15 is 0 Å². The summed E-state index contributed by atoms with van der Waals surface area (Å²) in [7, 11) is 0. The number of hydrogen-bond acceptors (Lipinski definition) is 2. The quantitative estimate of drug-likeness (QED) is 0.758. The second-order valence-electron chi connectivity index (χ2n) is 6.07. The maximum Gasteiger partial charge on any atom is 0.158 e. The first-order valence-corrected chi connectivity index (χ1v) is 8.16. The highest BCUT2D eigenvalue weighted by atomic mass is 35.5. The van der Waals surface area contributed by atoms with E-state index in [0.717, 1.165) is 35.8 Å². The van der Waals surface area contributed by atoms with Crippen LogP contribution in [0.25, 0.3) is 11.2 Å². The van der Waals surface area contributed by atoms with Gasteiger partial charge in [0, 0.05) is 13.1 Å². The van der Waals surface area contributed by atoms with Crippen LogP contribution in [-0.2, 0) is 19.0 Å². The molecule has 5 heteroatoms.